The van der Waals surface area contributed by atoms with E-state index >= 15 is 0 Å². The van der Waals surface area contributed by atoms with Gasteiger partial charge in [-0.05, 0) is 30.7 Å². The molecule has 4 heteroatoms. The fourth-order valence-corrected chi connectivity index (χ4v) is 2.61. The van der Waals surface area contributed by atoms with Crippen LogP contribution < -0.4 is 11.5 Å². The molecule has 0 saturated heterocycles. The lowest BCUT2D eigenvalue weighted by molar-refractivity contribution is -0.143. The Hall–Kier alpha value is -1.71. The van der Waals surface area contributed by atoms with Crippen molar-refractivity contribution in [3.05, 3.63) is 24.3 Å². The molecular weight excluding hydrogens is 312 g/mol. The van der Waals surface area contributed by atoms with Crippen LogP contribution in [-0.2, 0) is 9.90 Å². The highest BCUT2D eigenvalue weighted by Gasteiger charge is 1.98. The smallest absolute Gasteiger partial charge is 0.355 e. The quantitative estimate of drug-likeness (QED) is 0.344. The van der Waals surface area contributed by atoms with Crippen molar-refractivity contribution in [1.29, 1.82) is 0 Å². The molecule has 1 aromatic carbocycles. The molecule has 0 atom stereocenters. The lowest BCUT2D eigenvalue weighted by atomic mass is 10.0. The van der Waals surface area contributed by atoms with Gasteiger partial charge in [0.05, 0.1) is 6.42 Å². The zero-order chi connectivity index (χ0) is 18.8. The van der Waals surface area contributed by atoms with E-state index in [2.05, 4.69) is 6.92 Å². The van der Waals surface area contributed by atoms with Crippen molar-refractivity contribution in [3.8, 4) is 0 Å². The fourth-order valence-electron chi connectivity index (χ4n) is 2.61. The predicted molar refractivity (Wildman–Crippen MR) is 107 cm³/mol. The third-order valence-electron chi connectivity index (χ3n) is 4.17. The Morgan fingerprint density at radius 3 is 1.32 bits per heavy atom. The first-order chi connectivity index (χ1) is 12.1. The first-order valence-corrected chi connectivity index (χ1v) is 9.87. The number of nitrogens with two attached hydrogens (primary N) is 2. The Balaban J connectivity index is 0.000000593. The summed E-state index contributed by atoms with van der Waals surface area (Å²) < 4.78 is 0. The van der Waals surface area contributed by atoms with Crippen LogP contribution in [0.25, 0.3) is 0 Å². The van der Waals surface area contributed by atoms with Crippen molar-refractivity contribution in [2.24, 2.45) is 0 Å². The minimum Gasteiger partial charge on any atom is -0.399 e. The van der Waals surface area contributed by atoms with Crippen LogP contribution in [0, 0.1) is 0 Å². The van der Waals surface area contributed by atoms with Gasteiger partial charge in [-0.25, -0.2) is 9.90 Å². The monoisotopic (exact) mass is 349 g/mol. The van der Waals surface area contributed by atoms with Crippen LogP contribution in [0.4, 0.5) is 11.4 Å². The van der Waals surface area contributed by atoms with Gasteiger partial charge < -0.3 is 11.5 Å². The van der Waals surface area contributed by atoms with Crippen LogP contribution in [0.1, 0.15) is 90.4 Å². The number of benzene rings is 1. The summed E-state index contributed by atoms with van der Waals surface area (Å²) in [4.78, 5) is 10.2. The molecule has 0 amide bonds. The molecule has 0 bridgehead atoms. The van der Waals surface area contributed by atoms with Gasteiger partial charge in [-0.1, -0.05) is 77.6 Å². The molecule has 0 saturated carbocycles. The number of anilines is 2. The zero-order valence-corrected chi connectivity index (χ0v) is 16.0. The molecule has 143 valence electrons. The SMILES string of the molecule is CCCCCCCCCCCCCCC([O])=O.Nc1ccc(N)cc1. The van der Waals surface area contributed by atoms with Gasteiger partial charge in [-0.3, -0.25) is 0 Å². The van der Waals surface area contributed by atoms with Crippen molar-refractivity contribution in [2.75, 3.05) is 11.5 Å². The average molecular weight is 350 g/mol. The van der Waals surface area contributed by atoms with Crippen molar-refractivity contribution in [3.63, 3.8) is 0 Å². The van der Waals surface area contributed by atoms with E-state index < -0.39 is 5.97 Å². The van der Waals surface area contributed by atoms with Gasteiger partial charge in [0, 0.05) is 11.4 Å². The molecule has 0 spiro atoms. The van der Waals surface area contributed by atoms with E-state index in [1.165, 1.54) is 64.2 Å². The number of hydrogen-bond donors (Lipinski definition) is 2. The summed E-state index contributed by atoms with van der Waals surface area (Å²) in [6.07, 6.45) is 15.5. The van der Waals surface area contributed by atoms with Crippen LogP contribution in [-0.4, -0.2) is 5.97 Å². The molecule has 25 heavy (non-hydrogen) atoms. The lowest BCUT2D eigenvalue weighted by Gasteiger charge is -2.01. The summed E-state index contributed by atoms with van der Waals surface area (Å²) in [6, 6.07) is 7.09. The number of hydrogen-bond acceptors (Lipinski definition) is 3. The summed E-state index contributed by atoms with van der Waals surface area (Å²) in [5.74, 6) is -0.905. The van der Waals surface area contributed by atoms with Crippen molar-refractivity contribution in [1.82, 2.24) is 0 Å². The molecule has 0 aliphatic carbocycles. The number of carbonyl (C=O) groups is 1. The standard InChI is InChI=1S/C15H29O2.C6H8N2/c1-2-3-4-5-6-7-8-9-10-11-12-13-14-15(16)17;7-5-1-2-6(8)4-3-5/h2-14H2,1H3;1-4H,7-8H2. The highest BCUT2D eigenvalue weighted by molar-refractivity contribution is 5.66. The van der Waals surface area contributed by atoms with E-state index in [1.807, 2.05) is 0 Å². The third-order valence-corrected chi connectivity index (χ3v) is 4.17. The Bertz CT molecular complexity index is 397. The summed E-state index contributed by atoms with van der Waals surface area (Å²) >= 11 is 0. The predicted octanol–water partition coefficient (Wildman–Crippen LogP) is 5.89. The number of carbonyl (C=O) groups excluding carboxylic acids is 1. The maximum Gasteiger partial charge on any atom is 0.355 e. The molecule has 0 fully saturated rings. The zero-order valence-electron chi connectivity index (χ0n) is 16.0. The lowest BCUT2D eigenvalue weighted by Crippen LogP contribution is -1.91. The largest absolute Gasteiger partial charge is 0.399 e. The molecule has 1 radical (unpaired) electrons. The van der Waals surface area contributed by atoms with Crippen molar-refractivity contribution >= 4 is 17.3 Å². The van der Waals surface area contributed by atoms with Gasteiger partial charge in [-0.2, -0.15) is 0 Å². The van der Waals surface area contributed by atoms with Gasteiger partial charge in [0.2, 0.25) is 0 Å². The highest BCUT2D eigenvalue weighted by atomic mass is 16.4. The topological polar surface area (TPSA) is 89.0 Å². The molecule has 0 unspecified atom stereocenters. The van der Waals surface area contributed by atoms with Crippen LogP contribution in [0.2, 0.25) is 0 Å². The van der Waals surface area contributed by atoms with E-state index in [9.17, 15) is 9.90 Å². The van der Waals surface area contributed by atoms with E-state index in [1.54, 1.807) is 24.3 Å². The second-order valence-electron chi connectivity index (χ2n) is 6.68. The average Bonchev–Trinajstić information content (AvgIpc) is 2.59. The third kappa shape index (κ3) is 18.5. The van der Waals surface area contributed by atoms with Crippen LogP contribution >= 0.6 is 0 Å². The first kappa shape index (κ1) is 23.3. The van der Waals surface area contributed by atoms with Crippen LogP contribution in [0.15, 0.2) is 24.3 Å². The molecule has 1 aromatic rings. The molecule has 4 N–H and O–H groups in total. The van der Waals surface area contributed by atoms with E-state index in [-0.39, 0.29) is 6.42 Å². The minimum atomic E-state index is -0.905. The van der Waals surface area contributed by atoms with Gasteiger partial charge in [0.15, 0.2) is 0 Å². The Morgan fingerprint density at radius 2 is 1.00 bits per heavy atom. The molecule has 1 rings (SSSR count). The Kier molecular flexibility index (Phi) is 16.0. The summed E-state index contributed by atoms with van der Waals surface area (Å²) in [7, 11) is 0. The number of nitrogen functional groups attached to an aromatic ring is 2. The maximum atomic E-state index is 10.2. The first-order valence-electron chi connectivity index (χ1n) is 9.87. The van der Waals surface area contributed by atoms with Crippen molar-refractivity contribution in [2.45, 2.75) is 90.4 Å². The Morgan fingerprint density at radius 1 is 0.680 bits per heavy atom. The highest BCUT2D eigenvalue weighted by Crippen LogP contribution is 2.12. The normalized spacial score (nSPS) is 10.1. The molecule has 0 aliphatic heterocycles. The fraction of sp³-hybridized carbons (Fsp3) is 0.667. The van der Waals surface area contributed by atoms with E-state index in [0.29, 0.717) is 0 Å². The van der Waals surface area contributed by atoms with Gasteiger partial charge >= 0.3 is 5.97 Å². The second kappa shape index (κ2) is 17.1. The second-order valence-corrected chi connectivity index (χ2v) is 6.68. The molecule has 0 heterocycles. The van der Waals surface area contributed by atoms with Crippen LogP contribution in [0.5, 0.6) is 0 Å². The van der Waals surface area contributed by atoms with Crippen LogP contribution in [0.3, 0.4) is 0 Å². The maximum absolute atomic E-state index is 10.2. The van der Waals surface area contributed by atoms with E-state index in [4.69, 9.17) is 11.5 Å². The number of unbranched alkanes of at least 4 members (excludes halogenated alkanes) is 11. The molecule has 0 aliphatic rings. The van der Waals surface area contributed by atoms with E-state index in [0.717, 1.165) is 24.2 Å². The summed E-state index contributed by atoms with van der Waals surface area (Å²) in [6.45, 7) is 2.25. The molecular formula is C21H37N2O2. The summed E-state index contributed by atoms with van der Waals surface area (Å²) in [5.41, 5.74) is 12.2. The molecule has 4 nitrogen and oxygen atoms in total. The van der Waals surface area contributed by atoms with Gasteiger partial charge in [-0.15, -0.1) is 0 Å². The van der Waals surface area contributed by atoms with Gasteiger partial charge in [0.25, 0.3) is 0 Å². The molecule has 0 aromatic heterocycles. The summed E-state index contributed by atoms with van der Waals surface area (Å²) in [5, 5.41) is 10.2. The Labute approximate surface area is 154 Å². The van der Waals surface area contributed by atoms with Crippen molar-refractivity contribution < 1.29 is 9.90 Å². The van der Waals surface area contributed by atoms with Gasteiger partial charge in [0.1, 0.15) is 0 Å². The minimum absolute atomic E-state index is 0.234. The number of rotatable bonds is 13.